The summed E-state index contributed by atoms with van der Waals surface area (Å²) < 4.78 is 7.37. The number of nitrogens with zero attached hydrogens (tertiary/aromatic N) is 1. The Morgan fingerprint density at radius 2 is 1.80 bits per heavy atom. The molecule has 1 heterocycles. The molecule has 0 saturated carbocycles. The van der Waals surface area contributed by atoms with E-state index in [-0.39, 0.29) is 5.91 Å². The monoisotopic (exact) mass is 334 g/mol. The topological polar surface area (TPSA) is 43.3 Å². The van der Waals surface area contributed by atoms with Crippen LogP contribution in [0.1, 0.15) is 27.3 Å². The van der Waals surface area contributed by atoms with E-state index in [2.05, 4.69) is 41.9 Å². The van der Waals surface area contributed by atoms with Gasteiger partial charge in [-0.25, -0.2) is 0 Å². The molecule has 0 unspecified atom stereocenters. The number of carbonyl (C=O) groups is 1. The molecule has 3 aromatic rings. The first-order valence-electron chi connectivity index (χ1n) is 8.25. The second-order valence-corrected chi connectivity index (χ2v) is 5.98. The standard InChI is InChI=1S/C21H22N2O2/c1-15-12-18(16(2)23(15)19-9-5-4-6-10-19)14-22-21(24)17-8-7-11-20(13-17)25-3/h4-13H,14H2,1-3H3,(H,22,24). The van der Waals surface area contributed by atoms with E-state index in [9.17, 15) is 4.79 Å². The van der Waals surface area contributed by atoms with Crippen LogP contribution in [0.2, 0.25) is 0 Å². The van der Waals surface area contributed by atoms with E-state index in [0.717, 1.165) is 22.6 Å². The molecule has 128 valence electrons. The number of methoxy groups -OCH3 is 1. The van der Waals surface area contributed by atoms with E-state index in [1.165, 1.54) is 0 Å². The predicted octanol–water partition coefficient (Wildman–Crippen LogP) is 4.03. The summed E-state index contributed by atoms with van der Waals surface area (Å²) in [6, 6.07) is 19.5. The molecule has 0 bridgehead atoms. The van der Waals surface area contributed by atoms with Crippen molar-refractivity contribution in [1.82, 2.24) is 9.88 Å². The number of rotatable bonds is 5. The maximum Gasteiger partial charge on any atom is 0.251 e. The van der Waals surface area contributed by atoms with Gasteiger partial charge in [-0.2, -0.15) is 0 Å². The Balaban J connectivity index is 1.77. The van der Waals surface area contributed by atoms with Crippen molar-refractivity contribution in [2.45, 2.75) is 20.4 Å². The van der Waals surface area contributed by atoms with Crippen LogP contribution in [0, 0.1) is 13.8 Å². The Hall–Kier alpha value is -3.01. The van der Waals surface area contributed by atoms with Crippen molar-refractivity contribution >= 4 is 5.91 Å². The van der Waals surface area contributed by atoms with Crippen LogP contribution in [0.4, 0.5) is 0 Å². The minimum absolute atomic E-state index is 0.108. The Bertz CT molecular complexity index is 882. The van der Waals surface area contributed by atoms with Gasteiger partial charge in [-0.05, 0) is 55.8 Å². The average molecular weight is 334 g/mol. The van der Waals surface area contributed by atoms with Crippen molar-refractivity contribution < 1.29 is 9.53 Å². The summed E-state index contributed by atoms with van der Waals surface area (Å²) in [5.41, 5.74) is 5.11. The number of hydrogen-bond acceptors (Lipinski definition) is 2. The SMILES string of the molecule is COc1cccc(C(=O)NCc2cc(C)n(-c3ccccc3)c2C)c1. The van der Waals surface area contributed by atoms with Crippen LogP contribution >= 0.6 is 0 Å². The highest BCUT2D eigenvalue weighted by molar-refractivity contribution is 5.94. The second-order valence-electron chi connectivity index (χ2n) is 5.98. The minimum Gasteiger partial charge on any atom is -0.497 e. The fourth-order valence-corrected chi connectivity index (χ4v) is 3.02. The highest BCUT2D eigenvalue weighted by Gasteiger charge is 2.12. The molecule has 0 aliphatic carbocycles. The van der Waals surface area contributed by atoms with E-state index < -0.39 is 0 Å². The Kier molecular flexibility index (Phi) is 4.89. The molecule has 0 saturated heterocycles. The van der Waals surface area contributed by atoms with E-state index in [0.29, 0.717) is 17.9 Å². The lowest BCUT2D eigenvalue weighted by molar-refractivity contribution is 0.0950. The highest BCUT2D eigenvalue weighted by atomic mass is 16.5. The fourth-order valence-electron chi connectivity index (χ4n) is 3.02. The Morgan fingerprint density at radius 3 is 2.52 bits per heavy atom. The summed E-state index contributed by atoms with van der Waals surface area (Å²) in [6.07, 6.45) is 0. The maximum absolute atomic E-state index is 12.4. The van der Waals surface area contributed by atoms with Crippen LogP contribution in [0.3, 0.4) is 0 Å². The molecule has 1 N–H and O–H groups in total. The van der Waals surface area contributed by atoms with E-state index in [4.69, 9.17) is 4.74 Å². The summed E-state index contributed by atoms with van der Waals surface area (Å²) in [5, 5.41) is 2.99. The molecule has 4 nitrogen and oxygen atoms in total. The van der Waals surface area contributed by atoms with Crippen molar-refractivity contribution in [3.63, 3.8) is 0 Å². The molecular weight excluding hydrogens is 312 g/mol. The molecule has 0 aliphatic rings. The summed E-state index contributed by atoms with van der Waals surface area (Å²) in [7, 11) is 1.59. The number of amides is 1. The van der Waals surface area contributed by atoms with Gasteiger partial charge in [-0.15, -0.1) is 0 Å². The predicted molar refractivity (Wildman–Crippen MR) is 99.4 cm³/mol. The van der Waals surface area contributed by atoms with Gasteiger partial charge in [0.1, 0.15) is 5.75 Å². The lowest BCUT2D eigenvalue weighted by atomic mass is 10.2. The lowest BCUT2D eigenvalue weighted by Gasteiger charge is -2.10. The molecule has 4 heteroatoms. The fraction of sp³-hybridized carbons (Fsp3) is 0.190. The van der Waals surface area contributed by atoms with Gasteiger partial charge < -0.3 is 14.6 Å². The third kappa shape index (κ3) is 3.58. The number of aryl methyl sites for hydroxylation is 1. The van der Waals surface area contributed by atoms with Gasteiger partial charge in [0.05, 0.1) is 7.11 Å². The summed E-state index contributed by atoms with van der Waals surface area (Å²) >= 11 is 0. The second kappa shape index (κ2) is 7.26. The Labute approximate surface area is 148 Å². The van der Waals surface area contributed by atoms with Crippen LogP contribution in [0.5, 0.6) is 5.75 Å². The number of aromatic nitrogens is 1. The number of nitrogens with one attached hydrogen (secondary N) is 1. The maximum atomic E-state index is 12.4. The number of carbonyl (C=O) groups excluding carboxylic acids is 1. The molecule has 1 aromatic heterocycles. The molecular formula is C21H22N2O2. The van der Waals surface area contributed by atoms with Crippen LogP contribution in [-0.2, 0) is 6.54 Å². The molecule has 0 aliphatic heterocycles. The highest BCUT2D eigenvalue weighted by Crippen LogP contribution is 2.21. The summed E-state index contributed by atoms with van der Waals surface area (Å²) in [6.45, 7) is 4.64. The molecule has 0 atom stereocenters. The van der Waals surface area contributed by atoms with Gasteiger partial charge in [-0.3, -0.25) is 4.79 Å². The molecule has 0 radical (unpaired) electrons. The van der Waals surface area contributed by atoms with Gasteiger partial charge in [0.25, 0.3) is 5.91 Å². The molecule has 2 aromatic carbocycles. The zero-order valence-electron chi connectivity index (χ0n) is 14.7. The van der Waals surface area contributed by atoms with E-state index in [1.807, 2.05) is 30.3 Å². The van der Waals surface area contributed by atoms with Crippen LogP contribution in [0.25, 0.3) is 5.69 Å². The number of para-hydroxylation sites is 1. The quantitative estimate of drug-likeness (QED) is 0.765. The average Bonchev–Trinajstić information content (AvgIpc) is 2.94. The van der Waals surface area contributed by atoms with Gasteiger partial charge in [0, 0.05) is 29.2 Å². The number of hydrogen-bond donors (Lipinski definition) is 1. The smallest absolute Gasteiger partial charge is 0.251 e. The zero-order chi connectivity index (χ0) is 17.8. The minimum atomic E-state index is -0.108. The number of benzene rings is 2. The van der Waals surface area contributed by atoms with Crippen molar-refractivity contribution in [2.24, 2.45) is 0 Å². The normalized spacial score (nSPS) is 10.5. The molecule has 0 spiro atoms. The van der Waals surface area contributed by atoms with Crippen molar-refractivity contribution in [1.29, 1.82) is 0 Å². The summed E-state index contributed by atoms with van der Waals surface area (Å²) in [4.78, 5) is 12.4. The third-order valence-corrected chi connectivity index (χ3v) is 4.32. The van der Waals surface area contributed by atoms with Gasteiger partial charge in [0.15, 0.2) is 0 Å². The van der Waals surface area contributed by atoms with Gasteiger partial charge in [-0.1, -0.05) is 24.3 Å². The van der Waals surface area contributed by atoms with Gasteiger partial charge >= 0.3 is 0 Å². The molecule has 3 rings (SSSR count). The lowest BCUT2D eigenvalue weighted by Crippen LogP contribution is -2.23. The van der Waals surface area contributed by atoms with E-state index >= 15 is 0 Å². The van der Waals surface area contributed by atoms with Crippen molar-refractivity contribution in [3.8, 4) is 11.4 Å². The first-order chi connectivity index (χ1) is 12.1. The molecule has 0 fully saturated rings. The molecule has 1 amide bonds. The van der Waals surface area contributed by atoms with E-state index in [1.54, 1.807) is 19.2 Å². The molecule has 25 heavy (non-hydrogen) atoms. The third-order valence-electron chi connectivity index (χ3n) is 4.32. The first kappa shape index (κ1) is 16.8. The largest absolute Gasteiger partial charge is 0.497 e. The van der Waals surface area contributed by atoms with Crippen LogP contribution in [0.15, 0.2) is 60.7 Å². The summed E-state index contributed by atoms with van der Waals surface area (Å²) in [5.74, 6) is 0.568. The van der Waals surface area contributed by atoms with Crippen molar-refractivity contribution in [3.05, 3.63) is 83.2 Å². The Morgan fingerprint density at radius 1 is 1.04 bits per heavy atom. The zero-order valence-corrected chi connectivity index (χ0v) is 14.7. The van der Waals surface area contributed by atoms with Crippen molar-refractivity contribution in [2.75, 3.05) is 7.11 Å². The van der Waals surface area contributed by atoms with Crippen LogP contribution < -0.4 is 10.1 Å². The first-order valence-corrected chi connectivity index (χ1v) is 8.25. The van der Waals surface area contributed by atoms with Crippen LogP contribution in [-0.4, -0.2) is 17.6 Å². The number of ether oxygens (including phenoxy) is 1. The van der Waals surface area contributed by atoms with Gasteiger partial charge in [0.2, 0.25) is 0 Å².